The van der Waals surface area contributed by atoms with Gasteiger partial charge >= 0.3 is 5.97 Å². The molecule has 0 spiro atoms. The standard InChI is InChI=1S/C24H24Br3N3O5/c1-6-12(2)22-29-17-8-7-15(25)10-16(17)23(31)30(22)28-11-14-9-18(33-4)21(20(27)19(14)26)35-13(3)24(32)34-5/h7-13H,6H2,1-5H3/t12-,13+/m0/s1. The number of hydrogen-bond acceptors (Lipinski definition) is 7. The number of fused-ring (bicyclic) bond motifs is 1. The zero-order valence-electron chi connectivity index (χ0n) is 19.8. The van der Waals surface area contributed by atoms with Gasteiger partial charge in [-0.05, 0) is 69.5 Å². The van der Waals surface area contributed by atoms with Gasteiger partial charge in [0.1, 0.15) is 5.82 Å². The fourth-order valence-corrected chi connectivity index (χ4v) is 4.53. The van der Waals surface area contributed by atoms with Crippen molar-refractivity contribution in [2.75, 3.05) is 14.2 Å². The molecule has 0 bridgehead atoms. The number of hydrogen-bond donors (Lipinski definition) is 0. The van der Waals surface area contributed by atoms with Crippen molar-refractivity contribution in [1.29, 1.82) is 0 Å². The molecule has 2 atom stereocenters. The molecule has 2 aromatic carbocycles. The van der Waals surface area contributed by atoms with E-state index in [4.69, 9.17) is 19.2 Å². The lowest BCUT2D eigenvalue weighted by Gasteiger charge is -2.18. The van der Waals surface area contributed by atoms with Crippen molar-refractivity contribution in [1.82, 2.24) is 9.66 Å². The summed E-state index contributed by atoms with van der Waals surface area (Å²) >= 11 is 10.5. The molecule has 3 rings (SSSR count). The van der Waals surface area contributed by atoms with Crippen molar-refractivity contribution in [3.05, 3.63) is 59.4 Å². The molecule has 8 nitrogen and oxygen atoms in total. The average Bonchev–Trinajstić information content (AvgIpc) is 2.86. The van der Waals surface area contributed by atoms with Gasteiger partial charge in [0.2, 0.25) is 0 Å². The van der Waals surface area contributed by atoms with E-state index in [9.17, 15) is 9.59 Å². The van der Waals surface area contributed by atoms with Crippen LogP contribution in [0.2, 0.25) is 0 Å². The average molecular weight is 674 g/mol. The number of carbonyl (C=O) groups is 1. The van der Waals surface area contributed by atoms with Gasteiger partial charge in [-0.3, -0.25) is 4.79 Å². The maximum atomic E-state index is 13.4. The van der Waals surface area contributed by atoms with Crippen LogP contribution in [0.4, 0.5) is 0 Å². The Morgan fingerprint density at radius 3 is 2.51 bits per heavy atom. The Morgan fingerprint density at radius 1 is 1.17 bits per heavy atom. The molecule has 1 aromatic heterocycles. The number of aromatic nitrogens is 2. The lowest BCUT2D eigenvalue weighted by Crippen LogP contribution is -2.25. The summed E-state index contributed by atoms with van der Waals surface area (Å²) < 4.78 is 19.2. The molecule has 0 saturated carbocycles. The van der Waals surface area contributed by atoms with Gasteiger partial charge in [0, 0.05) is 20.4 Å². The summed E-state index contributed by atoms with van der Waals surface area (Å²) in [5, 5.41) is 4.97. The smallest absolute Gasteiger partial charge is 0.346 e. The lowest BCUT2D eigenvalue weighted by molar-refractivity contribution is -0.147. The van der Waals surface area contributed by atoms with E-state index in [1.54, 1.807) is 25.3 Å². The van der Waals surface area contributed by atoms with Crippen LogP contribution in [0.25, 0.3) is 10.9 Å². The fraction of sp³-hybridized carbons (Fsp3) is 0.333. The van der Waals surface area contributed by atoms with Crippen molar-refractivity contribution in [2.24, 2.45) is 5.10 Å². The molecular weight excluding hydrogens is 650 g/mol. The van der Waals surface area contributed by atoms with Crippen molar-refractivity contribution in [3.8, 4) is 11.5 Å². The molecule has 0 saturated heterocycles. The molecule has 11 heteroatoms. The fourth-order valence-electron chi connectivity index (χ4n) is 3.25. The highest BCUT2D eigenvalue weighted by atomic mass is 79.9. The maximum Gasteiger partial charge on any atom is 0.346 e. The van der Waals surface area contributed by atoms with Crippen LogP contribution in [-0.4, -0.2) is 42.2 Å². The van der Waals surface area contributed by atoms with Crippen molar-refractivity contribution < 1.29 is 19.0 Å². The van der Waals surface area contributed by atoms with E-state index in [0.717, 1.165) is 10.9 Å². The Kier molecular flexibility index (Phi) is 9.11. The van der Waals surface area contributed by atoms with Crippen LogP contribution in [0.3, 0.4) is 0 Å². The largest absolute Gasteiger partial charge is 0.493 e. The Balaban J connectivity index is 2.13. The predicted molar refractivity (Wildman–Crippen MR) is 146 cm³/mol. The zero-order chi connectivity index (χ0) is 25.9. The first-order chi connectivity index (χ1) is 16.6. The van der Waals surface area contributed by atoms with Crippen LogP contribution < -0.4 is 15.0 Å². The highest BCUT2D eigenvalue weighted by molar-refractivity contribution is 9.13. The van der Waals surface area contributed by atoms with Crippen molar-refractivity contribution in [3.63, 3.8) is 0 Å². The molecule has 0 amide bonds. The minimum atomic E-state index is -0.851. The number of methoxy groups -OCH3 is 2. The molecule has 0 aliphatic rings. The first-order valence-electron chi connectivity index (χ1n) is 10.7. The molecule has 0 fully saturated rings. The van der Waals surface area contributed by atoms with Crippen LogP contribution in [-0.2, 0) is 9.53 Å². The van der Waals surface area contributed by atoms with Gasteiger partial charge in [-0.25, -0.2) is 9.78 Å². The number of rotatable bonds is 8. The van der Waals surface area contributed by atoms with Gasteiger partial charge in [0.05, 0.1) is 35.8 Å². The molecule has 0 radical (unpaired) electrons. The number of benzene rings is 2. The van der Waals surface area contributed by atoms with Gasteiger partial charge in [-0.15, -0.1) is 0 Å². The van der Waals surface area contributed by atoms with E-state index < -0.39 is 12.1 Å². The van der Waals surface area contributed by atoms with E-state index in [-0.39, 0.29) is 11.5 Å². The second-order valence-electron chi connectivity index (χ2n) is 7.71. The monoisotopic (exact) mass is 671 g/mol. The van der Waals surface area contributed by atoms with Crippen molar-refractivity contribution >= 4 is 70.9 Å². The topological polar surface area (TPSA) is 92.0 Å². The predicted octanol–water partition coefficient (Wildman–Crippen LogP) is 6.03. The van der Waals surface area contributed by atoms with Gasteiger partial charge in [0.25, 0.3) is 5.56 Å². The Morgan fingerprint density at radius 2 is 1.89 bits per heavy atom. The van der Waals surface area contributed by atoms with Crippen LogP contribution >= 0.6 is 47.8 Å². The summed E-state index contributed by atoms with van der Waals surface area (Å²) in [5.41, 5.74) is 0.965. The van der Waals surface area contributed by atoms with E-state index in [2.05, 4.69) is 52.9 Å². The van der Waals surface area contributed by atoms with E-state index >= 15 is 0 Å². The number of nitrogens with zero attached hydrogens (tertiary/aromatic N) is 3. The van der Waals surface area contributed by atoms with E-state index in [1.165, 1.54) is 18.9 Å². The minimum absolute atomic E-state index is 0.00759. The second kappa shape index (κ2) is 11.7. The molecular formula is C24H24Br3N3O5. The molecule has 3 aromatic rings. The molecule has 186 valence electrons. The second-order valence-corrected chi connectivity index (χ2v) is 10.2. The van der Waals surface area contributed by atoms with E-state index in [1.807, 2.05) is 26.0 Å². The quantitative estimate of drug-likeness (QED) is 0.214. The molecule has 0 unspecified atom stereocenters. The third-order valence-corrected chi connectivity index (χ3v) is 8.04. The molecule has 0 N–H and O–H groups in total. The summed E-state index contributed by atoms with van der Waals surface area (Å²) in [6.07, 6.45) is 1.48. The van der Waals surface area contributed by atoms with Crippen LogP contribution in [0, 0.1) is 0 Å². The van der Waals surface area contributed by atoms with Gasteiger partial charge in [-0.2, -0.15) is 9.78 Å². The third-order valence-electron chi connectivity index (χ3n) is 5.40. The van der Waals surface area contributed by atoms with Gasteiger partial charge in [-0.1, -0.05) is 29.8 Å². The number of esters is 1. The number of carbonyl (C=O) groups excluding carboxylic acids is 1. The summed E-state index contributed by atoms with van der Waals surface area (Å²) in [7, 11) is 2.78. The maximum absolute atomic E-state index is 13.4. The summed E-state index contributed by atoms with van der Waals surface area (Å²) in [6.45, 7) is 5.61. The zero-order valence-corrected chi connectivity index (χ0v) is 24.5. The number of halogens is 3. The Labute approximate surface area is 228 Å². The van der Waals surface area contributed by atoms with Gasteiger partial charge in [0.15, 0.2) is 17.6 Å². The molecule has 0 aliphatic heterocycles. The van der Waals surface area contributed by atoms with Crippen molar-refractivity contribution in [2.45, 2.75) is 39.2 Å². The third kappa shape index (κ3) is 5.78. The molecule has 0 aliphatic carbocycles. The first kappa shape index (κ1) is 27.3. The van der Waals surface area contributed by atoms with Crippen LogP contribution in [0.5, 0.6) is 11.5 Å². The summed E-state index contributed by atoms with van der Waals surface area (Å²) in [6, 6.07) is 7.10. The highest BCUT2D eigenvalue weighted by Crippen LogP contribution is 2.42. The lowest BCUT2D eigenvalue weighted by atomic mass is 10.1. The van der Waals surface area contributed by atoms with Gasteiger partial charge < -0.3 is 14.2 Å². The van der Waals surface area contributed by atoms with E-state index in [0.29, 0.717) is 42.7 Å². The SMILES string of the molecule is CC[C@H](C)c1nc2ccc(Br)cc2c(=O)n1N=Cc1cc(OC)c(O[C@H](C)C(=O)OC)c(Br)c1Br. The minimum Gasteiger partial charge on any atom is -0.493 e. The number of ether oxygens (including phenoxy) is 3. The summed E-state index contributed by atoms with van der Waals surface area (Å²) in [5.74, 6) is 0.746. The molecule has 1 heterocycles. The Bertz CT molecular complexity index is 1360. The molecule has 35 heavy (non-hydrogen) atoms. The van der Waals surface area contributed by atoms with Crippen LogP contribution in [0.1, 0.15) is 44.5 Å². The normalized spacial score (nSPS) is 13.1. The highest BCUT2D eigenvalue weighted by Gasteiger charge is 2.23. The first-order valence-corrected chi connectivity index (χ1v) is 13.1. The summed E-state index contributed by atoms with van der Waals surface area (Å²) in [4.78, 5) is 29.9. The van der Waals surface area contributed by atoms with Crippen LogP contribution in [0.15, 0.2) is 47.6 Å². The Hall–Kier alpha value is -2.24.